The number of carbonyl (C=O) groups is 2. The van der Waals surface area contributed by atoms with Crippen LogP contribution in [0.2, 0.25) is 0 Å². The van der Waals surface area contributed by atoms with Crippen molar-refractivity contribution in [3.63, 3.8) is 0 Å². The standard InChI is InChI=1S/C18H20N2O5/c1-11-5-6-12(17(21)25-4)9-14(11)20-18(22)19-13-7-8-15(23-2)16(10-13)24-3/h5-10H,1-4H3,(H2,19,20,22). The van der Waals surface area contributed by atoms with Crippen LogP contribution in [0.25, 0.3) is 0 Å². The van der Waals surface area contributed by atoms with Gasteiger partial charge in [-0.05, 0) is 36.8 Å². The second kappa shape index (κ2) is 8.05. The summed E-state index contributed by atoms with van der Waals surface area (Å²) in [6.07, 6.45) is 0. The number of hydrogen-bond donors (Lipinski definition) is 2. The van der Waals surface area contributed by atoms with Gasteiger partial charge in [-0.25, -0.2) is 9.59 Å². The third-order valence-corrected chi connectivity index (χ3v) is 3.55. The Balaban J connectivity index is 2.14. The smallest absolute Gasteiger partial charge is 0.337 e. The normalized spacial score (nSPS) is 9.92. The molecular formula is C18H20N2O5. The SMILES string of the molecule is COC(=O)c1ccc(C)c(NC(=O)Nc2ccc(OC)c(OC)c2)c1. The number of carbonyl (C=O) groups excluding carboxylic acids is 2. The van der Waals surface area contributed by atoms with E-state index in [0.29, 0.717) is 28.4 Å². The van der Waals surface area contributed by atoms with Gasteiger partial charge in [-0.3, -0.25) is 0 Å². The van der Waals surface area contributed by atoms with Gasteiger partial charge < -0.3 is 24.8 Å². The van der Waals surface area contributed by atoms with Gasteiger partial charge in [0.05, 0.1) is 26.9 Å². The molecule has 0 spiro atoms. The fourth-order valence-corrected chi connectivity index (χ4v) is 2.20. The number of methoxy groups -OCH3 is 3. The molecule has 7 nitrogen and oxygen atoms in total. The van der Waals surface area contributed by atoms with Crippen LogP contribution < -0.4 is 20.1 Å². The maximum atomic E-state index is 12.2. The molecule has 0 unspecified atom stereocenters. The molecule has 0 aromatic heterocycles. The molecule has 2 N–H and O–H groups in total. The predicted molar refractivity (Wildman–Crippen MR) is 94.7 cm³/mol. The quantitative estimate of drug-likeness (QED) is 0.812. The number of aryl methyl sites for hydroxylation is 1. The lowest BCUT2D eigenvalue weighted by atomic mass is 10.1. The molecule has 0 aliphatic carbocycles. The van der Waals surface area contributed by atoms with Crippen LogP contribution in [-0.4, -0.2) is 33.3 Å². The minimum absolute atomic E-state index is 0.356. The van der Waals surface area contributed by atoms with Crippen molar-refractivity contribution >= 4 is 23.4 Å². The number of anilines is 2. The maximum Gasteiger partial charge on any atom is 0.337 e. The number of amides is 2. The summed E-state index contributed by atoms with van der Waals surface area (Å²) < 4.78 is 15.0. The Morgan fingerprint density at radius 3 is 2.24 bits per heavy atom. The molecule has 0 fully saturated rings. The van der Waals surface area contributed by atoms with E-state index in [2.05, 4.69) is 15.4 Å². The first-order chi connectivity index (χ1) is 12.0. The molecule has 132 valence electrons. The molecule has 0 bridgehead atoms. The van der Waals surface area contributed by atoms with Gasteiger partial charge in [0.25, 0.3) is 0 Å². The lowest BCUT2D eigenvalue weighted by Gasteiger charge is -2.13. The molecule has 0 aliphatic rings. The van der Waals surface area contributed by atoms with Crippen molar-refractivity contribution in [1.82, 2.24) is 0 Å². The molecule has 0 saturated carbocycles. The molecule has 2 rings (SSSR count). The maximum absolute atomic E-state index is 12.2. The van der Waals surface area contributed by atoms with Gasteiger partial charge in [0.2, 0.25) is 0 Å². The minimum Gasteiger partial charge on any atom is -0.493 e. The zero-order valence-corrected chi connectivity index (χ0v) is 14.5. The lowest BCUT2D eigenvalue weighted by molar-refractivity contribution is 0.0600. The zero-order chi connectivity index (χ0) is 18.4. The summed E-state index contributed by atoms with van der Waals surface area (Å²) in [7, 11) is 4.36. The molecule has 0 aliphatic heterocycles. The second-order valence-corrected chi connectivity index (χ2v) is 5.17. The van der Waals surface area contributed by atoms with Gasteiger partial charge in [0, 0.05) is 17.4 Å². The van der Waals surface area contributed by atoms with E-state index in [-0.39, 0.29) is 0 Å². The topological polar surface area (TPSA) is 85.9 Å². The highest BCUT2D eigenvalue weighted by Gasteiger charge is 2.11. The van der Waals surface area contributed by atoms with Crippen LogP contribution in [0.15, 0.2) is 36.4 Å². The van der Waals surface area contributed by atoms with E-state index >= 15 is 0 Å². The highest BCUT2D eigenvalue weighted by Crippen LogP contribution is 2.29. The fourth-order valence-electron chi connectivity index (χ4n) is 2.20. The molecule has 2 amide bonds. The summed E-state index contributed by atoms with van der Waals surface area (Å²) in [4.78, 5) is 23.8. The summed E-state index contributed by atoms with van der Waals surface area (Å²) in [5.74, 6) is 0.600. The van der Waals surface area contributed by atoms with Crippen molar-refractivity contribution in [2.45, 2.75) is 6.92 Å². The average molecular weight is 344 g/mol. The van der Waals surface area contributed by atoms with Crippen molar-refractivity contribution in [1.29, 1.82) is 0 Å². The van der Waals surface area contributed by atoms with Crippen LogP contribution in [-0.2, 0) is 4.74 Å². The van der Waals surface area contributed by atoms with Gasteiger partial charge in [-0.1, -0.05) is 6.07 Å². The van der Waals surface area contributed by atoms with Gasteiger partial charge in [-0.2, -0.15) is 0 Å². The molecule has 0 saturated heterocycles. The van der Waals surface area contributed by atoms with Crippen molar-refractivity contribution in [2.75, 3.05) is 32.0 Å². The van der Waals surface area contributed by atoms with Gasteiger partial charge >= 0.3 is 12.0 Å². The number of hydrogen-bond acceptors (Lipinski definition) is 5. The molecule has 0 heterocycles. The lowest BCUT2D eigenvalue weighted by Crippen LogP contribution is -2.20. The number of rotatable bonds is 5. The Morgan fingerprint density at radius 1 is 0.880 bits per heavy atom. The largest absolute Gasteiger partial charge is 0.493 e. The van der Waals surface area contributed by atoms with E-state index in [4.69, 9.17) is 9.47 Å². The Kier molecular flexibility index (Phi) is 5.84. The Labute approximate surface area is 145 Å². The fraction of sp³-hybridized carbons (Fsp3) is 0.222. The summed E-state index contributed by atoms with van der Waals surface area (Å²) in [5, 5.41) is 5.42. The zero-order valence-electron chi connectivity index (χ0n) is 14.5. The van der Waals surface area contributed by atoms with Crippen molar-refractivity contribution in [3.8, 4) is 11.5 Å². The van der Waals surface area contributed by atoms with E-state index < -0.39 is 12.0 Å². The molecule has 0 atom stereocenters. The van der Waals surface area contributed by atoms with Gasteiger partial charge in [-0.15, -0.1) is 0 Å². The highest BCUT2D eigenvalue weighted by atomic mass is 16.5. The monoisotopic (exact) mass is 344 g/mol. The van der Waals surface area contributed by atoms with Crippen LogP contribution in [0.5, 0.6) is 11.5 Å². The average Bonchev–Trinajstić information content (AvgIpc) is 2.62. The Morgan fingerprint density at radius 2 is 1.60 bits per heavy atom. The highest BCUT2D eigenvalue weighted by molar-refractivity contribution is 6.01. The molecule has 7 heteroatoms. The number of esters is 1. The second-order valence-electron chi connectivity index (χ2n) is 5.17. The molecule has 0 radical (unpaired) electrons. The predicted octanol–water partition coefficient (Wildman–Crippen LogP) is 3.44. The Hall–Kier alpha value is -3.22. The van der Waals surface area contributed by atoms with Crippen LogP contribution in [0.4, 0.5) is 16.2 Å². The minimum atomic E-state index is -0.469. The first-order valence-electron chi connectivity index (χ1n) is 7.47. The van der Waals surface area contributed by atoms with Crippen LogP contribution in [0.3, 0.4) is 0 Å². The summed E-state index contributed by atoms with van der Waals surface area (Å²) in [5.41, 5.74) is 2.22. The van der Waals surface area contributed by atoms with E-state index in [0.717, 1.165) is 5.56 Å². The summed E-state index contributed by atoms with van der Waals surface area (Å²) >= 11 is 0. The van der Waals surface area contributed by atoms with Crippen molar-refractivity contribution < 1.29 is 23.8 Å². The Bertz CT molecular complexity index is 789. The van der Waals surface area contributed by atoms with E-state index in [9.17, 15) is 9.59 Å². The van der Waals surface area contributed by atoms with E-state index in [1.165, 1.54) is 21.3 Å². The van der Waals surface area contributed by atoms with Crippen LogP contribution in [0.1, 0.15) is 15.9 Å². The third kappa shape index (κ3) is 4.41. The van der Waals surface area contributed by atoms with Gasteiger partial charge in [0.15, 0.2) is 11.5 Å². The van der Waals surface area contributed by atoms with E-state index in [1.54, 1.807) is 36.4 Å². The summed E-state index contributed by atoms with van der Waals surface area (Å²) in [6.45, 7) is 1.83. The summed E-state index contributed by atoms with van der Waals surface area (Å²) in [6, 6.07) is 9.52. The van der Waals surface area contributed by atoms with Crippen LogP contribution >= 0.6 is 0 Å². The number of nitrogens with one attached hydrogen (secondary N) is 2. The molecule has 2 aromatic rings. The molecule has 25 heavy (non-hydrogen) atoms. The molecule has 2 aromatic carbocycles. The first-order valence-corrected chi connectivity index (χ1v) is 7.47. The number of urea groups is 1. The molecular weight excluding hydrogens is 324 g/mol. The first kappa shape index (κ1) is 18.1. The van der Waals surface area contributed by atoms with Crippen molar-refractivity contribution in [2.24, 2.45) is 0 Å². The number of benzene rings is 2. The van der Waals surface area contributed by atoms with Crippen molar-refractivity contribution in [3.05, 3.63) is 47.5 Å². The van der Waals surface area contributed by atoms with Gasteiger partial charge in [0.1, 0.15) is 0 Å². The third-order valence-electron chi connectivity index (χ3n) is 3.55. The van der Waals surface area contributed by atoms with E-state index in [1.807, 2.05) is 6.92 Å². The number of ether oxygens (including phenoxy) is 3. The van der Waals surface area contributed by atoms with Crippen LogP contribution in [0, 0.1) is 6.92 Å².